The minimum Gasteiger partial charge on any atom is -0.451 e. The maximum Gasteiger partial charge on any atom is 0.355 e. The predicted molar refractivity (Wildman–Crippen MR) is 96.3 cm³/mol. The van der Waals surface area contributed by atoms with Crippen molar-refractivity contribution >= 4 is 23.3 Å². The summed E-state index contributed by atoms with van der Waals surface area (Å²) >= 11 is 0. The van der Waals surface area contributed by atoms with Gasteiger partial charge in [-0.05, 0) is 57.5 Å². The van der Waals surface area contributed by atoms with Gasteiger partial charge < -0.3 is 20.1 Å². The van der Waals surface area contributed by atoms with Gasteiger partial charge in [-0.2, -0.15) is 0 Å². The minimum absolute atomic E-state index is 0.0648. The number of aliphatic hydroxyl groups excluding tert-OH is 1. The lowest BCUT2D eigenvalue weighted by Gasteiger charge is -2.07. The number of esters is 1. The van der Waals surface area contributed by atoms with Crippen molar-refractivity contribution in [3.63, 3.8) is 0 Å². The molecule has 0 saturated heterocycles. The second kappa shape index (κ2) is 7.97. The average molecular weight is 358 g/mol. The zero-order valence-corrected chi connectivity index (χ0v) is 15.2. The third-order valence-corrected chi connectivity index (χ3v) is 4.03. The molecule has 7 heteroatoms. The fourth-order valence-electron chi connectivity index (χ4n) is 2.78. The topological polar surface area (TPSA) is 108 Å². The van der Waals surface area contributed by atoms with E-state index in [4.69, 9.17) is 4.74 Å². The number of benzene rings is 1. The normalized spacial score (nSPS) is 11.7. The van der Waals surface area contributed by atoms with Crippen LogP contribution < -0.4 is 5.32 Å². The van der Waals surface area contributed by atoms with Crippen LogP contribution in [0.25, 0.3) is 0 Å². The molecule has 1 amide bonds. The second-order valence-electron chi connectivity index (χ2n) is 6.10. The molecule has 7 nitrogen and oxygen atoms in total. The van der Waals surface area contributed by atoms with Gasteiger partial charge in [-0.25, -0.2) is 4.79 Å². The standard InChI is InChI=1S/C19H22N2O5/c1-10-17(13(4)23)11(2)20-18(10)19(25)26-9-16(24)21-15-7-5-14(6-8-15)12(3)22/h5-8,13,20,23H,9H2,1-4H3,(H,21,24)/t13-/m1/s1. The summed E-state index contributed by atoms with van der Waals surface area (Å²) < 4.78 is 5.03. The van der Waals surface area contributed by atoms with E-state index in [9.17, 15) is 19.5 Å². The number of amides is 1. The highest BCUT2D eigenvalue weighted by Crippen LogP contribution is 2.24. The third kappa shape index (κ3) is 4.37. The van der Waals surface area contributed by atoms with E-state index >= 15 is 0 Å². The maximum atomic E-state index is 12.2. The number of aromatic nitrogens is 1. The molecule has 3 N–H and O–H groups in total. The van der Waals surface area contributed by atoms with E-state index in [-0.39, 0.29) is 11.5 Å². The number of carbonyl (C=O) groups is 3. The summed E-state index contributed by atoms with van der Waals surface area (Å²) in [6, 6.07) is 6.41. The van der Waals surface area contributed by atoms with E-state index in [0.29, 0.717) is 28.1 Å². The molecule has 0 aliphatic heterocycles. The monoisotopic (exact) mass is 358 g/mol. The number of rotatable bonds is 6. The molecule has 1 atom stereocenters. The lowest BCUT2D eigenvalue weighted by molar-refractivity contribution is -0.119. The highest BCUT2D eigenvalue weighted by Gasteiger charge is 2.21. The first-order valence-electron chi connectivity index (χ1n) is 8.15. The number of hydrogen-bond acceptors (Lipinski definition) is 5. The van der Waals surface area contributed by atoms with Gasteiger partial charge in [0.2, 0.25) is 0 Å². The van der Waals surface area contributed by atoms with Crippen LogP contribution in [0.1, 0.15) is 57.6 Å². The van der Waals surface area contributed by atoms with Crippen molar-refractivity contribution in [2.75, 3.05) is 11.9 Å². The molecule has 1 heterocycles. The first kappa shape index (κ1) is 19.4. The van der Waals surface area contributed by atoms with E-state index in [1.807, 2.05) is 0 Å². The smallest absolute Gasteiger partial charge is 0.355 e. The Labute approximate surface area is 151 Å². The van der Waals surface area contributed by atoms with Gasteiger partial charge in [0.05, 0.1) is 6.10 Å². The van der Waals surface area contributed by atoms with Gasteiger partial charge in [-0.3, -0.25) is 9.59 Å². The molecule has 0 aliphatic carbocycles. The van der Waals surface area contributed by atoms with Crippen LogP contribution in [0.2, 0.25) is 0 Å². The Balaban J connectivity index is 1.96. The second-order valence-corrected chi connectivity index (χ2v) is 6.10. The van der Waals surface area contributed by atoms with Crippen LogP contribution in [-0.4, -0.2) is 34.4 Å². The van der Waals surface area contributed by atoms with Crippen molar-refractivity contribution < 1.29 is 24.2 Å². The number of aromatic amines is 1. The Morgan fingerprint density at radius 3 is 2.31 bits per heavy atom. The molecule has 0 aliphatic rings. The van der Waals surface area contributed by atoms with E-state index in [2.05, 4.69) is 10.3 Å². The fraction of sp³-hybridized carbons (Fsp3) is 0.316. The Morgan fingerprint density at radius 1 is 1.19 bits per heavy atom. The summed E-state index contributed by atoms with van der Waals surface area (Å²) in [6.07, 6.45) is -0.714. The van der Waals surface area contributed by atoms with Crippen molar-refractivity contribution in [1.82, 2.24) is 4.98 Å². The lowest BCUT2D eigenvalue weighted by Crippen LogP contribution is -2.21. The fourth-order valence-corrected chi connectivity index (χ4v) is 2.78. The summed E-state index contributed by atoms with van der Waals surface area (Å²) in [5.41, 5.74) is 3.19. The minimum atomic E-state index is -0.714. The quantitative estimate of drug-likeness (QED) is 0.543. The van der Waals surface area contributed by atoms with Gasteiger partial charge in [0, 0.05) is 22.5 Å². The van der Waals surface area contributed by atoms with Gasteiger partial charge in [-0.15, -0.1) is 0 Å². The molecule has 2 aromatic rings. The molecule has 26 heavy (non-hydrogen) atoms. The zero-order valence-electron chi connectivity index (χ0n) is 15.2. The van der Waals surface area contributed by atoms with Crippen molar-refractivity contribution in [3.05, 3.63) is 52.3 Å². The Morgan fingerprint density at radius 2 is 1.81 bits per heavy atom. The molecule has 2 rings (SSSR count). The Kier molecular flexibility index (Phi) is 5.94. The summed E-state index contributed by atoms with van der Waals surface area (Å²) in [4.78, 5) is 38.2. The van der Waals surface area contributed by atoms with Crippen LogP contribution in [0, 0.1) is 13.8 Å². The zero-order chi connectivity index (χ0) is 19.4. The molecular weight excluding hydrogens is 336 g/mol. The number of carbonyl (C=O) groups excluding carboxylic acids is 3. The predicted octanol–water partition coefficient (Wildman–Crippen LogP) is 2.68. The first-order valence-corrected chi connectivity index (χ1v) is 8.15. The molecule has 0 spiro atoms. The number of aliphatic hydroxyl groups is 1. The van der Waals surface area contributed by atoms with Gasteiger partial charge in [0.15, 0.2) is 12.4 Å². The third-order valence-electron chi connectivity index (χ3n) is 4.03. The average Bonchev–Trinajstić information content (AvgIpc) is 2.87. The van der Waals surface area contributed by atoms with Crippen LogP contribution in [0.3, 0.4) is 0 Å². The highest BCUT2D eigenvalue weighted by molar-refractivity contribution is 5.97. The largest absolute Gasteiger partial charge is 0.451 e. The van der Waals surface area contributed by atoms with E-state index < -0.39 is 24.6 Å². The number of H-pyrrole nitrogens is 1. The van der Waals surface area contributed by atoms with Gasteiger partial charge in [0.25, 0.3) is 5.91 Å². The van der Waals surface area contributed by atoms with E-state index in [1.54, 1.807) is 45.0 Å². The van der Waals surface area contributed by atoms with Crippen LogP contribution >= 0.6 is 0 Å². The van der Waals surface area contributed by atoms with Crippen molar-refractivity contribution in [2.45, 2.75) is 33.8 Å². The van der Waals surface area contributed by atoms with E-state index in [1.165, 1.54) is 6.92 Å². The molecule has 0 unspecified atom stereocenters. The molecule has 1 aromatic carbocycles. The number of ketones is 1. The number of aryl methyl sites for hydroxylation is 1. The number of anilines is 1. The SMILES string of the molecule is CC(=O)c1ccc(NC(=O)COC(=O)c2[nH]c(C)c([C@@H](C)O)c2C)cc1. The van der Waals surface area contributed by atoms with Gasteiger partial charge in [0.1, 0.15) is 5.69 Å². The number of nitrogens with one attached hydrogen (secondary N) is 2. The first-order chi connectivity index (χ1) is 12.2. The lowest BCUT2D eigenvalue weighted by atomic mass is 10.1. The van der Waals surface area contributed by atoms with Crippen LogP contribution in [-0.2, 0) is 9.53 Å². The Bertz CT molecular complexity index is 834. The number of Topliss-reactive ketones (excluding diaryl/α,β-unsaturated/α-hetero) is 1. The van der Waals surface area contributed by atoms with Crippen molar-refractivity contribution in [1.29, 1.82) is 0 Å². The number of hydrogen-bond donors (Lipinski definition) is 3. The van der Waals surface area contributed by atoms with Crippen molar-refractivity contribution in [2.24, 2.45) is 0 Å². The van der Waals surface area contributed by atoms with Crippen LogP contribution in [0.4, 0.5) is 5.69 Å². The van der Waals surface area contributed by atoms with Gasteiger partial charge in [-0.1, -0.05) is 0 Å². The maximum absolute atomic E-state index is 12.2. The molecule has 1 aromatic heterocycles. The van der Waals surface area contributed by atoms with Gasteiger partial charge >= 0.3 is 5.97 Å². The molecule has 138 valence electrons. The molecule has 0 bridgehead atoms. The van der Waals surface area contributed by atoms with Crippen molar-refractivity contribution in [3.8, 4) is 0 Å². The summed E-state index contributed by atoms with van der Waals surface area (Å²) in [5, 5.41) is 12.3. The molecule has 0 fully saturated rings. The number of ether oxygens (including phenoxy) is 1. The summed E-state index contributed by atoms with van der Waals surface area (Å²) in [7, 11) is 0. The summed E-state index contributed by atoms with van der Waals surface area (Å²) in [6.45, 7) is 6.08. The van der Waals surface area contributed by atoms with E-state index in [0.717, 1.165) is 0 Å². The summed E-state index contributed by atoms with van der Waals surface area (Å²) in [5.74, 6) is -1.23. The van der Waals surface area contributed by atoms with Crippen LogP contribution in [0.5, 0.6) is 0 Å². The highest BCUT2D eigenvalue weighted by atomic mass is 16.5. The Hall–Kier alpha value is -2.93. The molecule has 0 radical (unpaired) electrons. The molecule has 0 saturated carbocycles. The van der Waals surface area contributed by atoms with Crippen LogP contribution in [0.15, 0.2) is 24.3 Å². The molecular formula is C19H22N2O5.